The summed E-state index contributed by atoms with van der Waals surface area (Å²) in [6, 6.07) is 9.75. The van der Waals surface area contributed by atoms with Gasteiger partial charge in [-0.3, -0.25) is 5.10 Å². The summed E-state index contributed by atoms with van der Waals surface area (Å²) in [5.74, 6) is 1.19. The molecule has 86 valence electrons. The Labute approximate surface area is 98.3 Å². The first-order valence-corrected chi connectivity index (χ1v) is 5.42. The SMILES string of the molecule is Nc1cc(-c2cccc(C3=NCCO3)c2)[nH]n1. The summed E-state index contributed by atoms with van der Waals surface area (Å²) in [4.78, 5) is 4.29. The molecular weight excluding hydrogens is 216 g/mol. The van der Waals surface area contributed by atoms with Crippen molar-refractivity contribution in [3.8, 4) is 11.3 Å². The predicted octanol–water partition coefficient (Wildman–Crippen LogP) is 1.44. The van der Waals surface area contributed by atoms with Crippen molar-refractivity contribution in [2.45, 2.75) is 0 Å². The molecule has 0 spiro atoms. The van der Waals surface area contributed by atoms with Crippen molar-refractivity contribution < 1.29 is 4.74 Å². The number of nitrogens with zero attached hydrogens (tertiary/aromatic N) is 2. The molecule has 1 aliphatic rings. The lowest BCUT2D eigenvalue weighted by Gasteiger charge is -2.03. The van der Waals surface area contributed by atoms with Gasteiger partial charge in [-0.1, -0.05) is 12.1 Å². The molecule has 2 aromatic rings. The summed E-state index contributed by atoms with van der Waals surface area (Å²) in [6.45, 7) is 1.40. The number of rotatable bonds is 2. The Bertz CT molecular complexity index is 573. The van der Waals surface area contributed by atoms with Crippen LogP contribution in [0.25, 0.3) is 11.3 Å². The maximum absolute atomic E-state index is 5.59. The number of aromatic nitrogens is 2. The zero-order valence-electron chi connectivity index (χ0n) is 9.18. The van der Waals surface area contributed by atoms with Crippen LogP contribution in [0.15, 0.2) is 35.3 Å². The Kier molecular flexibility index (Phi) is 2.29. The molecule has 0 saturated heterocycles. The van der Waals surface area contributed by atoms with Gasteiger partial charge in [0.2, 0.25) is 5.90 Å². The van der Waals surface area contributed by atoms with Gasteiger partial charge >= 0.3 is 0 Å². The van der Waals surface area contributed by atoms with Crippen LogP contribution in [0.4, 0.5) is 5.82 Å². The number of aliphatic imine (C=N–C) groups is 1. The van der Waals surface area contributed by atoms with Crippen molar-refractivity contribution in [1.29, 1.82) is 0 Å². The molecule has 0 fully saturated rings. The fourth-order valence-electron chi connectivity index (χ4n) is 1.81. The van der Waals surface area contributed by atoms with Crippen LogP contribution in [-0.4, -0.2) is 29.2 Å². The molecular formula is C12H12N4O. The Hall–Kier alpha value is -2.30. The zero-order valence-corrected chi connectivity index (χ0v) is 9.18. The van der Waals surface area contributed by atoms with Gasteiger partial charge in [0.15, 0.2) is 0 Å². The number of nitrogens with one attached hydrogen (secondary N) is 1. The van der Waals surface area contributed by atoms with Crippen LogP contribution in [0.1, 0.15) is 5.56 Å². The van der Waals surface area contributed by atoms with Gasteiger partial charge in [0.25, 0.3) is 0 Å². The van der Waals surface area contributed by atoms with Crippen LogP contribution >= 0.6 is 0 Å². The van der Waals surface area contributed by atoms with E-state index >= 15 is 0 Å². The highest BCUT2D eigenvalue weighted by Crippen LogP contribution is 2.20. The lowest BCUT2D eigenvalue weighted by atomic mass is 10.1. The minimum Gasteiger partial charge on any atom is -0.476 e. The van der Waals surface area contributed by atoms with Crippen LogP contribution in [0, 0.1) is 0 Å². The molecule has 1 aromatic carbocycles. The molecule has 0 atom stereocenters. The molecule has 3 N–H and O–H groups in total. The highest BCUT2D eigenvalue weighted by atomic mass is 16.5. The second-order valence-electron chi connectivity index (χ2n) is 3.82. The quantitative estimate of drug-likeness (QED) is 0.816. The molecule has 0 radical (unpaired) electrons. The van der Waals surface area contributed by atoms with E-state index in [1.54, 1.807) is 6.07 Å². The first-order chi connectivity index (χ1) is 8.33. The summed E-state index contributed by atoms with van der Waals surface area (Å²) in [7, 11) is 0. The number of hydrogen-bond acceptors (Lipinski definition) is 4. The van der Waals surface area contributed by atoms with Crippen LogP contribution < -0.4 is 5.73 Å². The first kappa shape index (κ1) is 9.89. The van der Waals surface area contributed by atoms with Crippen molar-refractivity contribution in [3.05, 3.63) is 35.9 Å². The highest BCUT2D eigenvalue weighted by molar-refractivity contribution is 5.96. The minimum absolute atomic E-state index is 0.486. The number of nitrogens with two attached hydrogens (primary N) is 1. The molecule has 0 amide bonds. The molecule has 1 aliphatic heterocycles. The Balaban J connectivity index is 1.99. The molecule has 0 aliphatic carbocycles. The molecule has 5 nitrogen and oxygen atoms in total. The number of hydrogen-bond donors (Lipinski definition) is 2. The third-order valence-corrected chi connectivity index (χ3v) is 2.60. The Morgan fingerprint density at radius 3 is 2.82 bits per heavy atom. The summed E-state index contributed by atoms with van der Waals surface area (Å²) < 4.78 is 5.43. The maximum atomic E-state index is 5.59. The van der Waals surface area contributed by atoms with E-state index in [1.165, 1.54) is 0 Å². The van der Waals surface area contributed by atoms with Crippen LogP contribution in [0.5, 0.6) is 0 Å². The van der Waals surface area contributed by atoms with Gasteiger partial charge in [0.1, 0.15) is 12.4 Å². The molecule has 0 saturated carbocycles. The fourth-order valence-corrected chi connectivity index (χ4v) is 1.81. The largest absolute Gasteiger partial charge is 0.476 e. The van der Waals surface area contributed by atoms with Gasteiger partial charge in [-0.05, 0) is 12.1 Å². The van der Waals surface area contributed by atoms with E-state index in [1.807, 2.05) is 24.3 Å². The summed E-state index contributed by atoms with van der Waals surface area (Å²) in [5, 5.41) is 6.80. The van der Waals surface area contributed by atoms with E-state index in [0.717, 1.165) is 23.4 Å². The molecule has 3 rings (SSSR count). The monoisotopic (exact) mass is 228 g/mol. The van der Waals surface area contributed by atoms with E-state index in [0.29, 0.717) is 18.3 Å². The molecule has 0 bridgehead atoms. The number of nitrogen functional groups attached to an aromatic ring is 1. The number of H-pyrrole nitrogens is 1. The minimum atomic E-state index is 0.486. The second-order valence-corrected chi connectivity index (χ2v) is 3.82. The third kappa shape index (κ3) is 1.87. The van der Waals surface area contributed by atoms with E-state index in [9.17, 15) is 0 Å². The average molecular weight is 228 g/mol. The van der Waals surface area contributed by atoms with Crippen molar-refractivity contribution in [3.63, 3.8) is 0 Å². The van der Waals surface area contributed by atoms with Crippen LogP contribution in [-0.2, 0) is 4.74 Å². The normalized spacial score (nSPS) is 14.5. The second kappa shape index (κ2) is 3.93. The van der Waals surface area contributed by atoms with Gasteiger partial charge in [0, 0.05) is 17.2 Å². The highest BCUT2D eigenvalue weighted by Gasteiger charge is 2.11. The Morgan fingerprint density at radius 1 is 1.24 bits per heavy atom. The summed E-state index contributed by atoms with van der Waals surface area (Å²) in [6.07, 6.45) is 0. The predicted molar refractivity (Wildman–Crippen MR) is 65.8 cm³/mol. The molecule has 17 heavy (non-hydrogen) atoms. The first-order valence-electron chi connectivity index (χ1n) is 5.42. The molecule has 0 unspecified atom stereocenters. The lowest BCUT2D eigenvalue weighted by molar-refractivity contribution is 0.348. The van der Waals surface area contributed by atoms with Crippen molar-refractivity contribution in [2.75, 3.05) is 18.9 Å². The van der Waals surface area contributed by atoms with Gasteiger partial charge in [-0.25, -0.2) is 4.99 Å². The van der Waals surface area contributed by atoms with E-state index in [4.69, 9.17) is 10.5 Å². The number of aromatic amines is 1. The van der Waals surface area contributed by atoms with Gasteiger partial charge in [0.05, 0.1) is 12.2 Å². The standard InChI is InChI=1S/C12H12N4O/c13-11-7-10(15-16-11)8-2-1-3-9(6-8)12-14-4-5-17-12/h1-3,6-7H,4-5H2,(H3,13,15,16). The lowest BCUT2D eigenvalue weighted by Crippen LogP contribution is -2.00. The maximum Gasteiger partial charge on any atom is 0.216 e. The van der Waals surface area contributed by atoms with Crippen LogP contribution in [0.3, 0.4) is 0 Å². The van der Waals surface area contributed by atoms with Crippen LogP contribution in [0.2, 0.25) is 0 Å². The molecule has 1 aromatic heterocycles. The topological polar surface area (TPSA) is 76.3 Å². The number of anilines is 1. The molecule has 5 heteroatoms. The smallest absolute Gasteiger partial charge is 0.216 e. The van der Waals surface area contributed by atoms with Crippen molar-refractivity contribution in [2.24, 2.45) is 4.99 Å². The number of ether oxygens (including phenoxy) is 1. The zero-order chi connectivity index (χ0) is 11.7. The van der Waals surface area contributed by atoms with E-state index < -0.39 is 0 Å². The van der Waals surface area contributed by atoms with Gasteiger partial charge in [-0.15, -0.1) is 0 Å². The van der Waals surface area contributed by atoms with Gasteiger partial charge < -0.3 is 10.5 Å². The summed E-state index contributed by atoms with van der Waals surface area (Å²) >= 11 is 0. The van der Waals surface area contributed by atoms with E-state index in [2.05, 4.69) is 15.2 Å². The Morgan fingerprint density at radius 2 is 2.12 bits per heavy atom. The van der Waals surface area contributed by atoms with E-state index in [-0.39, 0.29) is 0 Å². The number of benzene rings is 1. The van der Waals surface area contributed by atoms with Crippen molar-refractivity contribution >= 4 is 11.7 Å². The third-order valence-electron chi connectivity index (χ3n) is 2.60. The molecule has 2 heterocycles. The fraction of sp³-hybridized carbons (Fsp3) is 0.167. The van der Waals surface area contributed by atoms with Gasteiger partial charge in [-0.2, -0.15) is 5.10 Å². The average Bonchev–Trinajstić information content (AvgIpc) is 3.00. The summed E-state index contributed by atoms with van der Waals surface area (Å²) in [5.41, 5.74) is 8.48. The van der Waals surface area contributed by atoms with Crippen molar-refractivity contribution in [1.82, 2.24) is 10.2 Å².